The Balaban J connectivity index is 1.37. The molecule has 7 atom stereocenters. The van der Waals surface area contributed by atoms with Gasteiger partial charge in [0.2, 0.25) is 0 Å². The highest BCUT2D eigenvalue weighted by Crippen LogP contribution is 2.68. The number of anilines is 1. The zero-order chi connectivity index (χ0) is 22.0. The van der Waals surface area contributed by atoms with Gasteiger partial charge in [0, 0.05) is 0 Å². The molecule has 0 saturated heterocycles. The van der Waals surface area contributed by atoms with E-state index in [4.69, 9.17) is 5.73 Å². The summed E-state index contributed by atoms with van der Waals surface area (Å²) in [5, 5.41) is 0.763. The molecule has 31 heavy (non-hydrogen) atoms. The second kappa shape index (κ2) is 7.89. The Hall–Kier alpha value is -0.830. The van der Waals surface area contributed by atoms with Crippen molar-refractivity contribution in [3.63, 3.8) is 0 Å². The molecule has 0 aliphatic heterocycles. The van der Waals surface area contributed by atoms with Crippen molar-refractivity contribution in [3.8, 4) is 0 Å². The van der Waals surface area contributed by atoms with E-state index in [9.17, 15) is 0 Å². The molecule has 2 N–H and O–H groups in total. The number of nitrogen functional groups attached to an aromatic ring is 1. The lowest BCUT2D eigenvalue weighted by atomic mass is 9.47. The van der Waals surface area contributed by atoms with Gasteiger partial charge in [0.15, 0.2) is 5.13 Å². The molecule has 5 rings (SSSR count). The number of aromatic nitrogens is 1. The van der Waals surface area contributed by atoms with E-state index in [2.05, 4.69) is 45.7 Å². The molecule has 7 unspecified atom stereocenters. The summed E-state index contributed by atoms with van der Waals surface area (Å²) < 4.78 is 0. The third-order valence-corrected chi connectivity index (χ3v) is 11.5. The Morgan fingerprint density at radius 3 is 2.68 bits per heavy atom. The quantitative estimate of drug-likeness (QED) is 0.504. The topological polar surface area (TPSA) is 38.9 Å². The minimum absolute atomic E-state index is 0.344. The highest BCUT2D eigenvalue weighted by Gasteiger charge is 2.59. The molecule has 4 aliphatic carbocycles. The van der Waals surface area contributed by atoms with E-state index in [1.54, 1.807) is 16.9 Å². The summed E-state index contributed by atoms with van der Waals surface area (Å²) in [6.07, 6.45) is 16.4. The van der Waals surface area contributed by atoms with Gasteiger partial charge in [0.05, 0.1) is 10.6 Å². The molecule has 1 aromatic rings. The fraction of sp³-hybridized carbons (Fsp3) is 0.821. The van der Waals surface area contributed by atoms with E-state index in [0.29, 0.717) is 10.8 Å². The predicted molar refractivity (Wildman–Crippen MR) is 134 cm³/mol. The maximum atomic E-state index is 6.12. The highest BCUT2D eigenvalue weighted by molar-refractivity contribution is 7.16. The average molecular weight is 441 g/mol. The smallest absolute Gasteiger partial charge is 0.180 e. The molecule has 2 nitrogen and oxygen atoms in total. The van der Waals surface area contributed by atoms with E-state index in [1.165, 1.54) is 68.4 Å². The summed E-state index contributed by atoms with van der Waals surface area (Å²) in [5.41, 5.74) is 9.93. The molecule has 172 valence electrons. The van der Waals surface area contributed by atoms with Crippen molar-refractivity contribution in [2.45, 2.75) is 98.8 Å². The van der Waals surface area contributed by atoms with E-state index in [0.717, 1.165) is 47.1 Å². The normalized spacial score (nSPS) is 40.0. The lowest BCUT2D eigenvalue weighted by Crippen LogP contribution is -2.49. The molecule has 0 amide bonds. The number of fused-ring (bicyclic) bond motifs is 7. The lowest BCUT2D eigenvalue weighted by molar-refractivity contribution is -0.0392. The van der Waals surface area contributed by atoms with Crippen LogP contribution in [-0.4, -0.2) is 4.98 Å². The average Bonchev–Trinajstić information content (AvgIpc) is 3.26. The first-order valence-electron chi connectivity index (χ1n) is 13.2. The molecule has 1 aromatic heterocycles. The van der Waals surface area contributed by atoms with Crippen molar-refractivity contribution in [1.29, 1.82) is 0 Å². The first kappa shape index (κ1) is 22.0. The van der Waals surface area contributed by atoms with Crippen LogP contribution in [0.4, 0.5) is 5.13 Å². The van der Waals surface area contributed by atoms with Crippen molar-refractivity contribution in [2.24, 2.45) is 46.3 Å². The summed E-state index contributed by atoms with van der Waals surface area (Å²) in [5.74, 6) is 5.38. The standard InChI is InChI=1S/C28H44N2S/c1-17(2)7-6-8-18(3)20-11-12-21-19-9-10-23-25-24(30-26(29)31-25)14-16-28(23,5)22(19)13-15-27(20,21)4/h10,17-22H,6-9,11-16H2,1-5H3,(H2,29,30). The minimum atomic E-state index is 0.344. The van der Waals surface area contributed by atoms with Crippen molar-refractivity contribution in [3.05, 3.63) is 16.6 Å². The van der Waals surface area contributed by atoms with Crippen LogP contribution < -0.4 is 5.73 Å². The molecule has 2 fully saturated rings. The number of nitrogens with two attached hydrogens (primary N) is 1. The summed E-state index contributed by atoms with van der Waals surface area (Å²) in [6.45, 7) is 12.6. The van der Waals surface area contributed by atoms with E-state index in [1.807, 2.05) is 0 Å². The molecule has 4 aliphatic rings. The zero-order valence-corrected chi connectivity index (χ0v) is 21.4. The maximum absolute atomic E-state index is 6.12. The molecular weight excluding hydrogens is 396 g/mol. The molecule has 0 aromatic carbocycles. The predicted octanol–water partition coefficient (Wildman–Crippen LogP) is 7.99. The van der Waals surface area contributed by atoms with Crippen molar-refractivity contribution < 1.29 is 0 Å². The number of rotatable bonds is 5. The first-order chi connectivity index (χ1) is 14.7. The number of thiazole rings is 1. The van der Waals surface area contributed by atoms with Gasteiger partial charge < -0.3 is 5.73 Å². The SMILES string of the molecule is CC(C)CCCC(C)C1CCC2C3CC=C4c5sc(N)nc5CCC4(C)C3CCC12C. The fourth-order valence-electron chi connectivity index (χ4n) is 8.92. The first-order valence-corrected chi connectivity index (χ1v) is 14.0. The Morgan fingerprint density at radius 1 is 1.10 bits per heavy atom. The van der Waals surface area contributed by atoms with Gasteiger partial charge in [-0.3, -0.25) is 0 Å². The van der Waals surface area contributed by atoms with Gasteiger partial charge in [-0.15, -0.1) is 0 Å². The zero-order valence-electron chi connectivity index (χ0n) is 20.5. The monoisotopic (exact) mass is 440 g/mol. The Morgan fingerprint density at radius 2 is 1.90 bits per heavy atom. The molecule has 1 heterocycles. The Labute approximate surface area is 194 Å². The number of nitrogens with zero attached hydrogens (tertiary/aromatic N) is 1. The van der Waals surface area contributed by atoms with Gasteiger partial charge in [-0.05, 0) is 96.9 Å². The summed E-state index contributed by atoms with van der Waals surface area (Å²) in [6, 6.07) is 0. The van der Waals surface area contributed by atoms with Crippen LogP contribution >= 0.6 is 11.3 Å². The van der Waals surface area contributed by atoms with Gasteiger partial charge in [0.1, 0.15) is 0 Å². The second-order valence-electron chi connectivity index (χ2n) is 12.5. The number of hydrogen-bond acceptors (Lipinski definition) is 3. The van der Waals surface area contributed by atoms with Crippen molar-refractivity contribution in [1.82, 2.24) is 4.98 Å². The Kier molecular flexibility index (Phi) is 5.59. The van der Waals surface area contributed by atoms with Crippen LogP contribution in [0.1, 0.15) is 103 Å². The fourth-order valence-corrected chi connectivity index (χ4v) is 9.98. The number of hydrogen-bond donors (Lipinski definition) is 1. The van der Waals surface area contributed by atoms with Gasteiger partial charge >= 0.3 is 0 Å². The minimum Gasteiger partial charge on any atom is -0.375 e. The van der Waals surface area contributed by atoms with Gasteiger partial charge in [-0.2, -0.15) is 0 Å². The van der Waals surface area contributed by atoms with E-state index < -0.39 is 0 Å². The van der Waals surface area contributed by atoms with Crippen LogP contribution in [0.2, 0.25) is 0 Å². The van der Waals surface area contributed by atoms with Crippen LogP contribution in [0.5, 0.6) is 0 Å². The van der Waals surface area contributed by atoms with Crippen LogP contribution in [0, 0.1) is 46.3 Å². The third-order valence-electron chi connectivity index (χ3n) is 10.5. The van der Waals surface area contributed by atoms with Gasteiger partial charge in [-0.25, -0.2) is 4.98 Å². The Bertz CT molecular complexity index is 853. The highest BCUT2D eigenvalue weighted by atomic mass is 32.1. The van der Waals surface area contributed by atoms with Crippen LogP contribution in [0.15, 0.2) is 6.08 Å². The van der Waals surface area contributed by atoms with Gasteiger partial charge in [0.25, 0.3) is 0 Å². The third kappa shape index (κ3) is 3.44. The van der Waals surface area contributed by atoms with Crippen LogP contribution in [0.25, 0.3) is 5.57 Å². The second-order valence-corrected chi connectivity index (χ2v) is 13.5. The summed E-state index contributed by atoms with van der Waals surface area (Å²) in [7, 11) is 0. The summed E-state index contributed by atoms with van der Waals surface area (Å²) in [4.78, 5) is 6.09. The van der Waals surface area contributed by atoms with Crippen LogP contribution in [0.3, 0.4) is 0 Å². The lowest BCUT2D eigenvalue weighted by Gasteiger charge is -2.57. The maximum Gasteiger partial charge on any atom is 0.180 e. The molecule has 0 spiro atoms. The number of allylic oxidation sites excluding steroid dienone is 2. The largest absolute Gasteiger partial charge is 0.375 e. The van der Waals surface area contributed by atoms with Crippen molar-refractivity contribution in [2.75, 3.05) is 5.73 Å². The molecular formula is C28H44N2S. The van der Waals surface area contributed by atoms with Crippen molar-refractivity contribution >= 4 is 22.0 Å². The molecule has 2 saturated carbocycles. The van der Waals surface area contributed by atoms with E-state index >= 15 is 0 Å². The summed E-state index contributed by atoms with van der Waals surface area (Å²) >= 11 is 1.74. The van der Waals surface area contributed by atoms with Crippen LogP contribution in [-0.2, 0) is 6.42 Å². The molecule has 3 heteroatoms. The van der Waals surface area contributed by atoms with E-state index in [-0.39, 0.29) is 0 Å². The molecule has 0 bridgehead atoms. The van der Waals surface area contributed by atoms with Gasteiger partial charge in [-0.1, -0.05) is 71.3 Å². The number of aryl methyl sites for hydroxylation is 1. The molecule has 0 radical (unpaired) electrons.